The van der Waals surface area contributed by atoms with E-state index in [2.05, 4.69) is 63.8 Å². The summed E-state index contributed by atoms with van der Waals surface area (Å²) in [5.74, 6) is 2.80. The lowest BCUT2D eigenvalue weighted by Gasteiger charge is -2.24. The molecule has 0 saturated carbocycles. The van der Waals surface area contributed by atoms with Crippen LogP contribution < -0.4 is 19.9 Å². The van der Waals surface area contributed by atoms with E-state index in [1.165, 1.54) is 36.8 Å². The highest BCUT2D eigenvalue weighted by Gasteiger charge is 2.36. The summed E-state index contributed by atoms with van der Waals surface area (Å²) < 4.78 is 17.0. The van der Waals surface area contributed by atoms with Gasteiger partial charge in [-0.1, -0.05) is 84.4 Å². The second-order valence-corrected chi connectivity index (χ2v) is 11.5. The Morgan fingerprint density at radius 3 is 2.29 bits per heavy atom. The summed E-state index contributed by atoms with van der Waals surface area (Å²) >= 11 is 0. The van der Waals surface area contributed by atoms with Crippen LogP contribution in [0.5, 0.6) is 17.2 Å². The number of carbonyl (C=O) groups excluding carboxylic acids is 1. The Balaban J connectivity index is 0.000000276. The minimum atomic E-state index is 0.119. The van der Waals surface area contributed by atoms with Crippen LogP contribution in [0.25, 0.3) is 0 Å². The monoisotopic (exact) mass is 616 g/mol. The molecule has 6 nitrogen and oxygen atoms in total. The van der Waals surface area contributed by atoms with Gasteiger partial charge in [0.05, 0.1) is 6.54 Å². The van der Waals surface area contributed by atoms with Gasteiger partial charge >= 0.3 is 0 Å². The molecule has 0 bridgehead atoms. The van der Waals surface area contributed by atoms with Crippen LogP contribution in [0.1, 0.15) is 105 Å². The molecule has 0 spiro atoms. The van der Waals surface area contributed by atoms with E-state index >= 15 is 0 Å². The molecule has 2 aliphatic heterocycles. The Morgan fingerprint density at radius 2 is 1.67 bits per heavy atom. The van der Waals surface area contributed by atoms with Gasteiger partial charge in [0.2, 0.25) is 6.79 Å². The van der Waals surface area contributed by atoms with Crippen LogP contribution in [0, 0.1) is 6.92 Å². The third-order valence-corrected chi connectivity index (χ3v) is 8.80. The fraction of sp³-hybridized carbons (Fsp3) is 0.513. The lowest BCUT2D eigenvalue weighted by Crippen LogP contribution is -2.26. The minimum absolute atomic E-state index is 0.119. The van der Waals surface area contributed by atoms with Crippen molar-refractivity contribution in [1.29, 1.82) is 0 Å². The molecule has 1 saturated heterocycles. The van der Waals surface area contributed by atoms with Crippen LogP contribution >= 0.6 is 0 Å². The third kappa shape index (κ3) is 8.89. The molecule has 2 N–H and O–H groups in total. The molecule has 1 fully saturated rings. The fourth-order valence-electron chi connectivity index (χ4n) is 6.65. The van der Waals surface area contributed by atoms with Gasteiger partial charge in [0, 0.05) is 24.7 Å². The molecule has 0 radical (unpaired) electrons. The van der Waals surface area contributed by atoms with Crippen LogP contribution in [-0.4, -0.2) is 44.2 Å². The SMILES string of the molecule is CC.CCCc1c(CC)cc(CC)cc1CC.Cc1c([C@@H]2C[C@H](c3ccccc3OCCN)N(CC=O)C2)ccc2c1OCO2. The van der Waals surface area contributed by atoms with E-state index in [4.69, 9.17) is 19.9 Å². The van der Waals surface area contributed by atoms with E-state index < -0.39 is 0 Å². The molecule has 3 aromatic rings. The number of hydrogen-bond donors (Lipinski definition) is 1. The van der Waals surface area contributed by atoms with E-state index in [1.807, 2.05) is 38.1 Å². The van der Waals surface area contributed by atoms with E-state index in [0.717, 1.165) is 54.0 Å². The predicted molar refractivity (Wildman–Crippen MR) is 186 cm³/mol. The number of nitrogens with two attached hydrogens (primary N) is 1. The van der Waals surface area contributed by atoms with Crippen molar-refractivity contribution in [3.8, 4) is 17.2 Å². The summed E-state index contributed by atoms with van der Waals surface area (Å²) in [5, 5.41) is 0. The number of aryl methyl sites for hydroxylation is 3. The summed E-state index contributed by atoms with van der Waals surface area (Å²) in [7, 11) is 0. The zero-order valence-corrected chi connectivity index (χ0v) is 28.8. The summed E-state index contributed by atoms with van der Waals surface area (Å²) in [5.41, 5.74) is 15.4. The lowest BCUT2D eigenvalue weighted by atomic mass is 9.90. The van der Waals surface area contributed by atoms with Gasteiger partial charge in [0.1, 0.15) is 18.6 Å². The van der Waals surface area contributed by atoms with Gasteiger partial charge < -0.3 is 24.7 Å². The van der Waals surface area contributed by atoms with Crippen LogP contribution in [0.15, 0.2) is 48.5 Å². The largest absolute Gasteiger partial charge is 0.492 e. The van der Waals surface area contributed by atoms with Gasteiger partial charge in [-0.25, -0.2) is 0 Å². The van der Waals surface area contributed by atoms with Gasteiger partial charge in [0.25, 0.3) is 0 Å². The smallest absolute Gasteiger partial charge is 0.231 e. The zero-order valence-electron chi connectivity index (χ0n) is 28.8. The number of carbonyl (C=O) groups is 1. The first-order chi connectivity index (χ1) is 22.0. The maximum absolute atomic E-state index is 11.3. The summed E-state index contributed by atoms with van der Waals surface area (Å²) in [6, 6.07) is 17.1. The number of hydrogen-bond acceptors (Lipinski definition) is 6. The van der Waals surface area contributed by atoms with Crippen molar-refractivity contribution in [2.24, 2.45) is 5.73 Å². The van der Waals surface area contributed by atoms with E-state index in [-0.39, 0.29) is 12.8 Å². The van der Waals surface area contributed by atoms with E-state index in [1.54, 1.807) is 16.7 Å². The van der Waals surface area contributed by atoms with Gasteiger partial charge in [-0.05, 0) is 90.5 Å². The van der Waals surface area contributed by atoms with Crippen molar-refractivity contribution in [1.82, 2.24) is 4.90 Å². The zero-order chi connectivity index (χ0) is 32.8. The molecule has 2 atom stereocenters. The molecule has 2 heterocycles. The maximum atomic E-state index is 11.3. The molecule has 5 rings (SSSR count). The standard InChI is InChI=1S/C22H26N2O4.C15H24.C2H6/c1-15-17(6-7-21-22(15)28-14-27-21)16-12-19(24(13-16)9-10-25)18-4-2-3-5-20(18)26-11-8-23;1-5-9-15-13(7-3)10-12(6-2)11-14(15)8-4;1-2/h2-7,10,16,19H,8-9,11-14,23H2,1H3;10-11H,5-9H2,1-4H3;1-2H3/t16-,19-;;/m1../s1. The number of rotatable bonds is 12. The number of ether oxygens (including phenoxy) is 3. The Hall–Kier alpha value is -3.35. The van der Waals surface area contributed by atoms with E-state index in [9.17, 15) is 4.79 Å². The Morgan fingerprint density at radius 1 is 0.956 bits per heavy atom. The fourth-order valence-corrected chi connectivity index (χ4v) is 6.65. The molecule has 3 aromatic carbocycles. The van der Waals surface area contributed by atoms with Crippen molar-refractivity contribution < 1.29 is 19.0 Å². The predicted octanol–water partition coefficient (Wildman–Crippen LogP) is 8.14. The molecule has 2 aliphatic rings. The summed E-state index contributed by atoms with van der Waals surface area (Å²) in [4.78, 5) is 13.6. The molecule has 0 aliphatic carbocycles. The Labute approximate surface area is 272 Å². The number of aldehydes is 1. The average molecular weight is 617 g/mol. The van der Waals surface area contributed by atoms with Crippen LogP contribution in [0.2, 0.25) is 0 Å². The normalized spacial score (nSPS) is 16.8. The molecular weight excluding hydrogens is 560 g/mol. The van der Waals surface area contributed by atoms with Gasteiger partial charge in [-0.3, -0.25) is 4.90 Å². The number of benzene rings is 3. The van der Waals surface area contributed by atoms with Crippen molar-refractivity contribution in [2.45, 2.75) is 99.0 Å². The average Bonchev–Trinajstić information content (AvgIpc) is 3.74. The highest BCUT2D eigenvalue weighted by atomic mass is 16.7. The highest BCUT2D eigenvalue weighted by molar-refractivity contribution is 5.54. The quantitative estimate of drug-likeness (QED) is 0.207. The first-order valence-electron chi connectivity index (χ1n) is 17.1. The van der Waals surface area contributed by atoms with Crippen LogP contribution in [-0.2, 0) is 30.5 Å². The molecule has 0 amide bonds. The first-order valence-corrected chi connectivity index (χ1v) is 17.1. The molecule has 6 heteroatoms. The molecular formula is C39H56N2O4. The van der Waals surface area contributed by atoms with Gasteiger partial charge in [-0.15, -0.1) is 0 Å². The first kappa shape index (κ1) is 36.1. The number of nitrogens with zero attached hydrogens (tertiary/aromatic N) is 1. The molecule has 0 aromatic heterocycles. The van der Waals surface area contributed by atoms with Crippen LogP contribution in [0.3, 0.4) is 0 Å². The number of likely N-dealkylation sites (tertiary alicyclic amines) is 1. The number of fused-ring (bicyclic) bond motifs is 1. The van der Waals surface area contributed by atoms with Crippen molar-refractivity contribution in [3.63, 3.8) is 0 Å². The summed E-state index contributed by atoms with van der Waals surface area (Å²) in [6.45, 7) is 17.6. The molecule has 0 unspecified atom stereocenters. The van der Waals surface area contributed by atoms with Crippen LogP contribution in [0.4, 0.5) is 0 Å². The number of para-hydroxylation sites is 1. The van der Waals surface area contributed by atoms with Crippen molar-refractivity contribution >= 4 is 6.29 Å². The van der Waals surface area contributed by atoms with Crippen molar-refractivity contribution in [3.05, 3.63) is 87.5 Å². The second kappa shape index (κ2) is 18.6. The Kier molecular flexibility index (Phi) is 14.9. The van der Waals surface area contributed by atoms with Crippen molar-refractivity contribution in [2.75, 3.05) is 33.0 Å². The van der Waals surface area contributed by atoms with Gasteiger partial charge in [0.15, 0.2) is 11.5 Å². The van der Waals surface area contributed by atoms with Gasteiger partial charge in [-0.2, -0.15) is 0 Å². The lowest BCUT2D eigenvalue weighted by molar-refractivity contribution is -0.109. The molecule has 246 valence electrons. The topological polar surface area (TPSA) is 74.0 Å². The Bertz CT molecular complexity index is 1330. The van der Waals surface area contributed by atoms with E-state index in [0.29, 0.717) is 25.6 Å². The molecule has 45 heavy (non-hydrogen) atoms. The maximum Gasteiger partial charge on any atom is 0.231 e. The summed E-state index contributed by atoms with van der Waals surface area (Å²) in [6.07, 6.45) is 7.91. The highest BCUT2D eigenvalue weighted by Crippen LogP contribution is 2.46. The minimum Gasteiger partial charge on any atom is -0.492 e. The third-order valence-electron chi connectivity index (χ3n) is 8.80. The second-order valence-electron chi connectivity index (χ2n) is 11.5.